The standard InChI is InChI=1S/C9H9N3O3/c10-9(15)12-7-5-6(3-4-11-7)1-2-8(13)14/h1-5H,(H,13,14)(H3,10,11,12,15)/b2-1+. The topological polar surface area (TPSA) is 105 Å². The van der Waals surface area contributed by atoms with Gasteiger partial charge in [-0.25, -0.2) is 14.6 Å². The van der Waals surface area contributed by atoms with E-state index in [1.165, 1.54) is 18.3 Å². The highest BCUT2D eigenvalue weighted by Crippen LogP contribution is 2.07. The second-order valence-corrected chi connectivity index (χ2v) is 2.64. The van der Waals surface area contributed by atoms with Crippen molar-refractivity contribution < 1.29 is 14.7 Å². The Balaban J connectivity index is 2.82. The number of amides is 2. The smallest absolute Gasteiger partial charge is 0.328 e. The molecule has 6 nitrogen and oxygen atoms in total. The number of aliphatic carboxylic acids is 1. The summed E-state index contributed by atoms with van der Waals surface area (Å²) in [6, 6.07) is 2.39. The van der Waals surface area contributed by atoms with E-state index in [0.29, 0.717) is 5.56 Å². The van der Waals surface area contributed by atoms with E-state index in [4.69, 9.17) is 10.8 Å². The number of hydrogen-bond donors (Lipinski definition) is 3. The summed E-state index contributed by atoms with van der Waals surface area (Å²) in [5.74, 6) is -0.772. The van der Waals surface area contributed by atoms with Gasteiger partial charge in [0.2, 0.25) is 0 Å². The van der Waals surface area contributed by atoms with Crippen LogP contribution >= 0.6 is 0 Å². The van der Waals surface area contributed by atoms with Crippen molar-refractivity contribution in [3.05, 3.63) is 30.0 Å². The van der Waals surface area contributed by atoms with Crippen molar-refractivity contribution in [3.8, 4) is 0 Å². The molecule has 0 saturated heterocycles. The number of nitrogens with one attached hydrogen (secondary N) is 1. The molecular weight excluding hydrogens is 198 g/mol. The summed E-state index contributed by atoms with van der Waals surface area (Å²) in [4.78, 5) is 24.6. The molecule has 0 aliphatic heterocycles. The van der Waals surface area contributed by atoms with Crippen molar-refractivity contribution in [2.24, 2.45) is 5.73 Å². The van der Waals surface area contributed by atoms with Crippen LogP contribution in [0.15, 0.2) is 24.4 Å². The van der Waals surface area contributed by atoms with Crippen molar-refractivity contribution in [1.29, 1.82) is 0 Å². The zero-order chi connectivity index (χ0) is 11.3. The maximum Gasteiger partial charge on any atom is 0.328 e. The highest BCUT2D eigenvalue weighted by Gasteiger charge is 1.97. The molecule has 4 N–H and O–H groups in total. The van der Waals surface area contributed by atoms with Gasteiger partial charge in [-0.05, 0) is 23.8 Å². The predicted molar refractivity (Wildman–Crippen MR) is 54.1 cm³/mol. The van der Waals surface area contributed by atoms with Crippen LogP contribution in [-0.2, 0) is 4.79 Å². The zero-order valence-electron chi connectivity index (χ0n) is 7.68. The molecule has 0 aromatic carbocycles. The first-order chi connectivity index (χ1) is 7.08. The summed E-state index contributed by atoms with van der Waals surface area (Å²) in [6.45, 7) is 0. The average Bonchev–Trinajstić information content (AvgIpc) is 2.14. The van der Waals surface area contributed by atoms with Gasteiger partial charge in [-0.3, -0.25) is 5.32 Å². The first-order valence-electron chi connectivity index (χ1n) is 4.01. The number of rotatable bonds is 3. The first-order valence-corrected chi connectivity index (χ1v) is 4.01. The molecule has 0 aliphatic carbocycles. The number of pyridine rings is 1. The molecule has 0 saturated carbocycles. The lowest BCUT2D eigenvalue weighted by Gasteiger charge is -2.00. The normalized spacial score (nSPS) is 10.1. The molecule has 1 rings (SSSR count). The molecule has 2 amide bonds. The lowest BCUT2D eigenvalue weighted by atomic mass is 10.2. The minimum absolute atomic E-state index is 0.273. The van der Waals surface area contributed by atoms with Crippen LogP contribution in [0.2, 0.25) is 0 Å². The fraction of sp³-hybridized carbons (Fsp3) is 0. The lowest BCUT2D eigenvalue weighted by molar-refractivity contribution is -0.131. The number of nitrogens with zero attached hydrogens (tertiary/aromatic N) is 1. The van der Waals surface area contributed by atoms with Crippen LogP contribution in [0.1, 0.15) is 5.56 Å². The summed E-state index contributed by atoms with van der Waals surface area (Å²) in [5, 5.41) is 10.7. The van der Waals surface area contributed by atoms with Crippen molar-refractivity contribution in [2.45, 2.75) is 0 Å². The van der Waals surface area contributed by atoms with Gasteiger partial charge in [0.1, 0.15) is 5.82 Å². The molecule has 1 heterocycles. The Kier molecular flexibility index (Phi) is 3.39. The number of primary amides is 1. The Labute approximate surface area is 85.4 Å². The van der Waals surface area contributed by atoms with Crippen LogP contribution in [0.5, 0.6) is 0 Å². The Morgan fingerprint density at radius 3 is 2.87 bits per heavy atom. The van der Waals surface area contributed by atoms with Crippen LogP contribution in [0, 0.1) is 0 Å². The van der Waals surface area contributed by atoms with Gasteiger partial charge in [0.25, 0.3) is 0 Å². The molecule has 0 bridgehead atoms. The number of carboxylic acids is 1. The molecule has 0 aliphatic rings. The minimum Gasteiger partial charge on any atom is -0.478 e. The maximum atomic E-state index is 10.5. The summed E-state index contributed by atoms with van der Waals surface area (Å²) in [5.41, 5.74) is 5.50. The second-order valence-electron chi connectivity index (χ2n) is 2.64. The molecule has 0 spiro atoms. The van der Waals surface area contributed by atoms with Gasteiger partial charge in [0.15, 0.2) is 0 Å². The van der Waals surface area contributed by atoms with Crippen LogP contribution in [0.4, 0.5) is 10.6 Å². The summed E-state index contributed by atoms with van der Waals surface area (Å²) < 4.78 is 0. The minimum atomic E-state index is -1.05. The van der Waals surface area contributed by atoms with Gasteiger partial charge in [0.05, 0.1) is 0 Å². The number of hydrogen-bond acceptors (Lipinski definition) is 3. The molecule has 0 atom stereocenters. The van der Waals surface area contributed by atoms with Crippen LogP contribution < -0.4 is 11.1 Å². The number of aromatic nitrogens is 1. The fourth-order valence-electron chi connectivity index (χ4n) is 0.913. The van der Waals surface area contributed by atoms with Crippen molar-refractivity contribution in [1.82, 2.24) is 4.98 Å². The Morgan fingerprint density at radius 2 is 2.27 bits per heavy atom. The SMILES string of the molecule is NC(=O)Nc1cc(/C=C/C(=O)O)ccn1. The largest absolute Gasteiger partial charge is 0.478 e. The molecular formula is C9H9N3O3. The van der Waals surface area contributed by atoms with E-state index in [1.807, 2.05) is 0 Å². The quantitative estimate of drug-likeness (QED) is 0.633. The van der Waals surface area contributed by atoms with Crippen LogP contribution in [0.25, 0.3) is 6.08 Å². The van der Waals surface area contributed by atoms with Gasteiger partial charge >= 0.3 is 12.0 Å². The molecule has 78 valence electrons. The van der Waals surface area contributed by atoms with Gasteiger partial charge in [-0.15, -0.1) is 0 Å². The second kappa shape index (κ2) is 4.75. The molecule has 1 aromatic rings. The number of carboxylic acid groups (broad SMARTS) is 1. The van der Waals surface area contributed by atoms with E-state index in [1.54, 1.807) is 6.07 Å². The van der Waals surface area contributed by atoms with Crippen molar-refractivity contribution in [3.63, 3.8) is 0 Å². The van der Waals surface area contributed by atoms with Gasteiger partial charge in [0, 0.05) is 12.3 Å². The van der Waals surface area contributed by atoms with Gasteiger partial charge < -0.3 is 10.8 Å². The summed E-state index contributed by atoms with van der Waals surface area (Å²) >= 11 is 0. The third kappa shape index (κ3) is 3.90. The highest BCUT2D eigenvalue weighted by molar-refractivity contribution is 5.88. The fourth-order valence-corrected chi connectivity index (χ4v) is 0.913. The number of anilines is 1. The lowest BCUT2D eigenvalue weighted by Crippen LogP contribution is -2.19. The number of carbonyl (C=O) groups is 2. The molecule has 1 aromatic heterocycles. The van der Waals surface area contributed by atoms with E-state index >= 15 is 0 Å². The van der Waals surface area contributed by atoms with E-state index < -0.39 is 12.0 Å². The van der Waals surface area contributed by atoms with Gasteiger partial charge in [-0.2, -0.15) is 0 Å². The van der Waals surface area contributed by atoms with E-state index in [2.05, 4.69) is 10.3 Å². The maximum absolute atomic E-state index is 10.5. The molecule has 15 heavy (non-hydrogen) atoms. The van der Waals surface area contributed by atoms with Crippen LogP contribution in [0.3, 0.4) is 0 Å². The molecule has 0 fully saturated rings. The average molecular weight is 207 g/mol. The highest BCUT2D eigenvalue weighted by atomic mass is 16.4. The molecule has 0 unspecified atom stereocenters. The Hall–Kier alpha value is -2.37. The number of urea groups is 1. The van der Waals surface area contributed by atoms with Crippen molar-refractivity contribution in [2.75, 3.05) is 5.32 Å². The third-order valence-electron chi connectivity index (χ3n) is 1.45. The number of nitrogens with two attached hydrogens (primary N) is 1. The molecule has 6 heteroatoms. The predicted octanol–water partition coefficient (Wildman–Crippen LogP) is 0.670. The zero-order valence-corrected chi connectivity index (χ0v) is 7.68. The van der Waals surface area contributed by atoms with E-state index in [-0.39, 0.29) is 5.82 Å². The van der Waals surface area contributed by atoms with E-state index in [0.717, 1.165) is 6.08 Å². The van der Waals surface area contributed by atoms with Crippen LogP contribution in [-0.4, -0.2) is 22.1 Å². The first kappa shape index (κ1) is 10.7. The summed E-state index contributed by atoms with van der Waals surface area (Å²) in [7, 11) is 0. The third-order valence-corrected chi connectivity index (χ3v) is 1.45. The Bertz CT molecular complexity index is 415. The number of carbonyl (C=O) groups excluding carboxylic acids is 1. The van der Waals surface area contributed by atoms with Gasteiger partial charge in [-0.1, -0.05) is 0 Å². The van der Waals surface area contributed by atoms with Crippen molar-refractivity contribution >= 4 is 23.9 Å². The van der Waals surface area contributed by atoms with E-state index in [9.17, 15) is 9.59 Å². The monoisotopic (exact) mass is 207 g/mol. The summed E-state index contributed by atoms with van der Waals surface area (Å²) in [6.07, 6.45) is 3.81. The Morgan fingerprint density at radius 1 is 1.53 bits per heavy atom. The molecule has 0 radical (unpaired) electrons.